The second-order valence-electron chi connectivity index (χ2n) is 7.11. The van der Waals surface area contributed by atoms with E-state index in [4.69, 9.17) is 10.5 Å². The van der Waals surface area contributed by atoms with Gasteiger partial charge in [-0.1, -0.05) is 6.07 Å². The number of hydrogen-bond acceptors (Lipinski definition) is 7. The molecule has 0 aromatic carbocycles. The van der Waals surface area contributed by atoms with Crippen LogP contribution in [0.3, 0.4) is 0 Å². The Labute approximate surface area is 178 Å². The minimum atomic E-state index is -4.61. The number of aromatic amines is 1. The summed E-state index contributed by atoms with van der Waals surface area (Å²) in [6.45, 7) is 0.597. The SMILES string of the molecule is Nc1[nH]c(=O)nc2c1C(c1cc3cccnc3n1-c1cccc(C(F)(F)F)n1)NCCO2. The summed E-state index contributed by atoms with van der Waals surface area (Å²) in [4.78, 5) is 26.3. The Morgan fingerprint density at radius 1 is 1.19 bits per heavy atom. The number of nitrogens with one attached hydrogen (secondary N) is 2. The lowest BCUT2D eigenvalue weighted by Crippen LogP contribution is -2.27. The average Bonchev–Trinajstić information content (AvgIpc) is 3.00. The fourth-order valence-electron chi connectivity index (χ4n) is 3.79. The van der Waals surface area contributed by atoms with Crippen LogP contribution in [0.2, 0.25) is 0 Å². The molecule has 1 unspecified atom stereocenters. The molecule has 4 N–H and O–H groups in total. The van der Waals surface area contributed by atoms with Gasteiger partial charge in [-0.2, -0.15) is 18.2 Å². The molecule has 5 rings (SSSR count). The third kappa shape index (κ3) is 3.34. The number of aromatic nitrogens is 5. The summed E-state index contributed by atoms with van der Waals surface area (Å²) in [5.41, 5.74) is 5.71. The smallest absolute Gasteiger partial charge is 0.433 e. The molecule has 0 saturated heterocycles. The Hall–Kier alpha value is -3.93. The van der Waals surface area contributed by atoms with E-state index in [9.17, 15) is 18.0 Å². The number of hydrogen-bond donors (Lipinski definition) is 3. The number of pyridine rings is 2. The highest BCUT2D eigenvalue weighted by atomic mass is 19.4. The molecule has 4 aromatic rings. The van der Waals surface area contributed by atoms with Gasteiger partial charge in [0.15, 0.2) is 0 Å². The van der Waals surface area contributed by atoms with E-state index in [0.29, 0.717) is 28.8 Å². The number of nitrogen functional groups attached to an aromatic ring is 1. The van der Waals surface area contributed by atoms with Crippen molar-refractivity contribution in [2.75, 3.05) is 18.9 Å². The Balaban J connectivity index is 1.79. The molecule has 164 valence electrons. The first kappa shape index (κ1) is 20.0. The predicted molar refractivity (Wildman–Crippen MR) is 108 cm³/mol. The van der Waals surface area contributed by atoms with Crippen LogP contribution >= 0.6 is 0 Å². The van der Waals surface area contributed by atoms with Crippen LogP contribution in [0.5, 0.6) is 5.88 Å². The number of alkyl halides is 3. The van der Waals surface area contributed by atoms with Crippen molar-refractivity contribution in [1.82, 2.24) is 29.8 Å². The fraction of sp³-hybridized carbons (Fsp3) is 0.200. The standard InChI is InChI=1S/C20H16F3N7O2/c21-20(22,23)12-4-1-5-13(27-12)30-11(9-10-3-2-6-26-17(10)30)15-14-16(24)28-19(31)29-18(14)32-8-7-25-15/h1-6,9,15,25H,7-8H2,(H3,24,28,29,31). The number of nitrogens with zero attached hydrogens (tertiary/aromatic N) is 4. The van der Waals surface area contributed by atoms with Gasteiger partial charge in [-0.3, -0.25) is 9.55 Å². The number of H-pyrrole nitrogens is 1. The molecule has 1 aliphatic heterocycles. The molecule has 1 atom stereocenters. The first-order valence-electron chi connectivity index (χ1n) is 9.60. The molecule has 0 spiro atoms. The molecule has 5 heterocycles. The minimum absolute atomic E-state index is 0.0352. The van der Waals surface area contributed by atoms with Gasteiger partial charge in [0, 0.05) is 23.8 Å². The second kappa shape index (κ2) is 7.34. The topological polar surface area (TPSA) is 124 Å². The zero-order valence-electron chi connectivity index (χ0n) is 16.3. The van der Waals surface area contributed by atoms with Crippen LogP contribution in [-0.4, -0.2) is 37.7 Å². The summed E-state index contributed by atoms with van der Waals surface area (Å²) in [6.07, 6.45) is -3.07. The highest BCUT2D eigenvalue weighted by Crippen LogP contribution is 2.37. The molecular formula is C20H16F3N7O2. The minimum Gasteiger partial charge on any atom is -0.476 e. The predicted octanol–water partition coefficient (Wildman–Crippen LogP) is 2.18. The van der Waals surface area contributed by atoms with Crippen molar-refractivity contribution in [3.63, 3.8) is 0 Å². The monoisotopic (exact) mass is 443 g/mol. The molecule has 0 radical (unpaired) electrons. The molecule has 9 nitrogen and oxygen atoms in total. The molecule has 32 heavy (non-hydrogen) atoms. The van der Waals surface area contributed by atoms with Crippen molar-refractivity contribution >= 4 is 16.9 Å². The Kier molecular flexibility index (Phi) is 4.59. The van der Waals surface area contributed by atoms with Crippen LogP contribution < -0.4 is 21.5 Å². The average molecular weight is 443 g/mol. The summed E-state index contributed by atoms with van der Waals surface area (Å²) in [6, 6.07) is 8.29. The lowest BCUT2D eigenvalue weighted by atomic mass is 10.0. The third-order valence-electron chi connectivity index (χ3n) is 5.08. The number of fused-ring (bicyclic) bond motifs is 2. The maximum Gasteiger partial charge on any atom is 0.433 e. The third-order valence-corrected chi connectivity index (χ3v) is 5.08. The fourth-order valence-corrected chi connectivity index (χ4v) is 3.79. The van der Waals surface area contributed by atoms with E-state index in [1.165, 1.54) is 16.7 Å². The molecule has 1 aliphatic rings. The summed E-state index contributed by atoms with van der Waals surface area (Å²) in [5.74, 6) is 0.136. The number of nitrogens with two attached hydrogens (primary N) is 1. The van der Waals surface area contributed by atoms with Gasteiger partial charge in [-0.25, -0.2) is 14.8 Å². The van der Waals surface area contributed by atoms with Crippen molar-refractivity contribution in [3.05, 3.63) is 70.0 Å². The van der Waals surface area contributed by atoms with Crippen LogP contribution in [-0.2, 0) is 6.18 Å². The first-order valence-corrected chi connectivity index (χ1v) is 9.60. The normalized spacial score (nSPS) is 16.4. The Morgan fingerprint density at radius 3 is 2.84 bits per heavy atom. The number of halogens is 3. The van der Waals surface area contributed by atoms with Gasteiger partial charge in [0.1, 0.15) is 29.6 Å². The van der Waals surface area contributed by atoms with E-state index in [2.05, 4.69) is 25.3 Å². The van der Waals surface area contributed by atoms with Crippen molar-refractivity contribution in [3.8, 4) is 11.7 Å². The highest BCUT2D eigenvalue weighted by molar-refractivity contribution is 5.80. The summed E-state index contributed by atoms with van der Waals surface area (Å²) >= 11 is 0. The molecular weight excluding hydrogens is 427 g/mol. The van der Waals surface area contributed by atoms with Crippen LogP contribution in [0.1, 0.15) is 23.0 Å². The molecule has 0 saturated carbocycles. The van der Waals surface area contributed by atoms with Crippen molar-refractivity contribution in [2.45, 2.75) is 12.2 Å². The maximum atomic E-state index is 13.3. The van der Waals surface area contributed by atoms with E-state index in [0.717, 1.165) is 6.07 Å². The lowest BCUT2D eigenvalue weighted by molar-refractivity contribution is -0.141. The Bertz CT molecular complexity index is 1380. The molecule has 0 amide bonds. The van der Waals surface area contributed by atoms with E-state index in [1.807, 2.05) is 0 Å². The van der Waals surface area contributed by atoms with E-state index in [1.54, 1.807) is 24.4 Å². The quantitative estimate of drug-likeness (QED) is 0.434. The van der Waals surface area contributed by atoms with Crippen LogP contribution in [0.15, 0.2) is 47.4 Å². The van der Waals surface area contributed by atoms with E-state index < -0.39 is 23.6 Å². The summed E-state index contributed by atoms with van der Waals surface area (Å²) < 4.78 is 47.1. The van der Waals surface area contributed by atoms with Crippen LogP contribution in [0.25, 0.3) is 16.9 Å². The first-order chi connectivity index (χ1) is 15.3. The van der Waals surface area contributed by atoms with Crippen LogP contribution in [0, 0.1) is 0 Å². The van der Waals surface area contributed by atoms with Gasteiger partial charge in [-0.15, -0.1) is 0 Å². The molecule has 4 aromatic heterocycles. The maximum absolute atomic E-state index is 13.3. The second-order valence-corrected chi connectivity index (χ2v) is 7.11. The van der Waals surface area contributed by atoms with E-state index in [-0.39, 0.29) is 24.1 Å². The molecule has 12 heteroatoms. The zero-order valence-corrected chi connectivity index (χ0v) is 16.3. The molecule has 0 aliphatic carbocycles. The van der Waals surface area contributed by atoms with Gasteiger partial charge in [0.25, 0.3) is 0 Å². The van der Waals surface area contributed by atoms with Crippen molar-refractivity contribution < 1.29 is 17.9 Å². The molecule has 0 fully saturated rings. The lowest BCUT2D eigenvalue weighted by Gasteiger charge is -2.21. The van der Waals surface area contributed by atoms with Gasteiger partial charge in [0.05, 0.1) is 11.6 Å². The number of ether oxygens (including phenoxy) is 1. The summed E-state index contributed by atoms with van der Waals surface area (Å²) in [5, 5.41) is 3.95. The largest absolute Gasteiger partial charge is 0.476 e. The van der Waals surface area contributed by atoms with Gasteiger partial charge in [0.2, 0.25) is 5.88 Å². The van der Waals surface area contributed by atoms with Crippen molar-refractivity contribution in [1.29, 1.82) is 0 Å². The van der Waals surface area contributed by atoms with E-state index >= 15 is 0 Å². The highest BCUT2D eigenvalue weighted by Gasteiger charge is 2.34. The number of anilines is 1. The zero-order chi connectivity index (χ0) is 22.5. The van der Waals surface area contributed by atoms with Gasteiger partial charge >= 0.3 is 11.9 Å². The summed E-state index contributed by atoms with van der Waals surface area (Å²) in [7, 11) is 0. The Morgan fingerprint density at radius 2 is 2.03 bits per heavy atom. The van der Waals surface area contributed by atoms with Gasteiger partial charge < -0.3 is 15.8 Å². The number of rotatable bonds is 2. The molecule has 0 bridgehead atoms. The van der Waals surface area contributed by atoms with Crippen LogP contribution in [0.4, 0.5) is 19.0 Å². The van der Waals surface area contributed by atoms with Crippen molar-refractivity contribution in [2.24, 2.45) is 0 Å². The van der Waals surface area contributed by atoms with Gasteiger partial charge in [-0.05, 0) is 30.3 Å².